The second kappa shape index (κ2) is 2.87. The van der Waals surface area contributed by atoms with Crippen molar-refractivity contribution in [2.24, 2.45) is 0 Å². The fraction of sp³-hybridized carbons (Fsp3) is 0.182. The number of nitrogen functional groups attached to an aromatic ring is 2. The van der Waals surface area contributed by atoms with E-state index in [4.69, 9.17) is 11.5 Å². The maximum atomic E-state index is 5.92. The molecule has 0 spiro atoms. The molecule has 3 nitrogen and oxygen atoms in total. The molecule has 0 unspecified atom stereocenters. The lowest BCUT2D eigenvalue weighted by atomic mass is 10.0. The van der Waals surface area contributed by atoms with E-state index in [0.717, 1.165) is 22.0 Å². The Kier molecular flexibility index (Phi) is 1.81. The van der Waals surface area contributed by atoms with E-state index in [-0.39, 0.29) is 0 Å². The summed E-state index contributed by atoms with van der Waals surface area (Å²) in [6.45, 7) is 4.03. The molecule has 1 aromatic carbocycles. The average molecular weight is 187 g/mol. The largest absolute Gasteiger partial charge is 0.396 e. The van der Waals surface area contributed by atoms with Crippen molar-refractivity contribution < 1.29 is 0 Å². The number of hydrogen-bond donors (Lipinski definition) is 2. The zero-order valence-corrected chi connectivity index (χ0v) is 8.33. The van der Waals surface area contributed by atoms with Gasteiger partial charge in [-0.2, -0.15) is 0 Å². The molecule has 1 aromatic heterocycles. The van der Waals surface area contributed by atoms with Gasteiger partial charge >= 0.3 is 0 Å². The van der Waals surface area contributed by atoms with Crippen LogP contribution in [-0.4, -0.2) is 4.98 Å². The zero-order chi connectivity index (χ0) is 10.3. The van der Waals surface area contributed by atoms with E-state index < -0.39 is 0 Å². The predicted octanol–water partition coefficient (Wildman–Crippen LogP) is 2.02. The van der Waals surface area contributed by atoms with E-state index in [0.29, 0.717) is 11.4 Å². The molecule has 0 bridgehead atoms. The molecule has 2 aromatic rings. The van der Waals surface area contributed by atoms with Crippen molar-refractivity contribution in [2.75, 3.05) is 11.5 Å². The Morgan fingerprint density at radius 3 is 2.43 bits per heavy atom. The van der Waals surface area contributed by atoms with Gasteiger partial charge in [0.25, 0.3) is 0 Å². The maximum absolute atomic E-state index is 5.92. The van der Waals surface area contributed by atoms with Gasteiger partial charge in [0.2, 0.25) is 0 Å². The molecule has 0 saturated heterocycles. The van der Waals surface area contributed by atoms with Crippen LogP contribution in [0.5, 0.6) is 0 Å². The van der Waals surface area contributed by atoms with Crippen LogP contribution in [0.15, 0.2) is 18.3 Å². The summed E-state index contributed by atoms with van der Waals surface area (Å²) < 4.78 is 0. The van der Waals surface area contributed by atoms with Crippen molar-refractivity contribution in [3.63, 3.8) is 0 Å². The third-order valence-electron chi connectivity index (χ3n) is 2.50. The van der Waals surface area contributed by atoms with Gasteiger partial charge in [0.05, 0.1) is 23.1 Å². The van der Waals surface area contributed by atoms with E-state index >= 15 is 0 Å². The molecule has 0 radical (unpaired) electrons. The first-order chi connectivity index (χ1) is 6.61. The Morgan fingerprint density at radius 2 is 1.71 bits per heavy atom. The second-order valence-electron chi connectivity index (χ2n) is 3.55. The van der Waals surface area contributed by atoms with Crippen LogP contribution < -0.4 is 11.5 Å². The number of hydrogen-bond acceptors (Lipinski definition) is 3. The van der Waals surface area contributed by atoms with Crippen LogP contribution in [0.1, 0.15) is 11.1 Å². The standard InChI is InChI=1S/C11H13N3/c1-6-3-4-7(2)11-9(6)10(13)8(12)5-14-11/h3-5H,12H2,1-2H3,(H2,13,14). The number of pyridine rings is 1. The topological polar surface area (TPSA) is 64.9 Å². The summed E-state index contributed by atoms with van der Waals surface area (Å²) in [6.07, 6.45) is 1.62. The van der Waals surface area contributed by atoms with Crippen molar-refractivity contribution in [1.29, 1.82) is 0 Å². The van der Waals surface area contributed by atoms with Gasteiger partial charge in [-0.05, 0) is 25.0 Å². The molecule has 0 saturated carbocycles. The third kappa shape index (κ3) is 1.09. The Labute approximate surface area is 82.7 Å². The summed E-state index contributed by atoms with van der Waals surface area (Å²) in [4.78, 5) is 4.30. The summed E-state index contributed by atoms with van der Waals surface area (Å²) in [5.41, 5.74) is 16.0. The van der Waals surface area contributed by atoms with Crippen LogP contribution in [0.3, 0.4) is 0 Å². The lowest BCUT2D eigenvalue weighted by Gasteiger charge is -2.09. The molecule has 1 heterocycles. The van der Waals surface area contributed by atoms with E-state index in [9.17, 15) is 0 Å². The van der Waals surface area contributed by atoms with Crippen LogP contribution in [0.2, 0.25) is 0 Å². The molecule has 3 heteroatoms. The number of nitrogens with two attached hydrogens (primary N) is 2. The number of benzene rings is 1. The van der Waals surface area contributed by atoms with E-state index in [1.807, 2.05) is 26.0 Å². The van der Waals surface area contributed by atoms with Crippen molar-refractivity contribution in [2.45, 2.75) is 13.8 Å². The minimum absolute atomic E-state index is 0.547. The highest BCUT2D eigenvalue weighted by Crippen LogP contribution is 2.29. The Morgan fingerprint density at radius 1 is 1.07 bits per heavy atom. The highest BCUT2D eigenvalue weighted by Gasteiger charge is 2.07. The summed E-state index contributed by atoms with van der Waals surface area (Å²) >= 11 is 0. The number of rotatable bonds is 0. The second-order valence-corrected chi connectivity index (χ2v) is 3.55. The molecule has 0 aliphatic carbocycles. The molecule has 0 fully saturated rings. The molecule has 0 atom stereocenters. The van der Waals surface area contributed by atoms with Gasteiger partial charge in [-0.15, -0.1) is 0 Å². The lowest BCUT2D eigenvalue weighted by molar-refractivity contribution is 1.35. The summed E-state index contributed by atoms with van der Waals surface area (Å²) in [5.74, 6) is 0. The highest BCUT2D eigenvalue weighted by atomic mass is 14.8. The Balaban J connectivity index is 3.01. The number of fused-ring (bicyclic) bond motifs is 1. The Bertz CT molecular complexity index is 503. The first-order valence-electron chi connectivity index (χ1n) is 4.51. The quantitative estimate of drug-likeness (QED) is 0.663. The number of nitrogens with zero attached hydrogens (tertiary/aromatic N) is 1. The highest BCUT2D eigenvalue weighted by molar-refractivity contribution is 5.99. The summed E-state index contributed by atoms with van der Waals surface area (Å²) in [7, 11) is 0. The van der Waals surface area contributed by atoms with Crippen molar-refractivity contribution in [3.05, 3.63) is 29.5 Å². The number of aryl methyl sites for hydroxylation is 2. The molecule has 0 aliphatic rings. The van der Waals surface area contributed by atoms with E-state index in [1.54, 1.807) is 6.20 Å². The smallest absolute Gasteiger partial charge is 0.0756 e. The van der Waals surface area contributed by atoms with Gasteiger partial charge < -0.3 is 11.5 Å². The fourth-order valence-electron chi connectivity index (χ4n) is 1.65. The first-order valence-corrected chi connectivity index (χ1v) is 4.51. The van der Waals surface area contributed by atoms with Crippen LogP contribution in [0.25, 0.3) is 10.9 Å². The van der Waals surface area contributed by atoms with Gasteiger partial charge in [0.1, 0.15) is 0 Å². The van der Waals surface area contributed by atoms with Crippen LogP contribution >= 0.6 is 0 Å². The van der Waals surface area contributed by atoms with Crippen molar-refractivity contribution >= 4 is 22.3 Å². The molecular weight excluding hydrogens is 174 g/mol. The van der Waals surface area contributed by atoms with Gasteiger partial charge in [0, 0.05) is 5.39 Å². The fourth-order valence-corrected chi connectivity index (χ4v) is 1.65. The molecule has 2 rings (SSSR count). The van der Waals surface area contributed by atoms with Crippen LogP contribution in [0, 0.1) is 13.8 Å². The van der Waals surface area contributed by atoms with Gasteiger partial charge in [-0.25, -0.2) is 0 Å². The maximum Gasteiger partial charge on any atom is 0.0756 e. The molecule has 14 heavy (non-hydrogen) atoms. The number of anilines is 2. The molecule has 0 amide bonds. The van der Waals surface area contributed by atoms with Gasteiger partial charge in [-0.3, -0.25) is 4.98 Å². The van der Waals surface area contributed by atoms with Gasteiger partial charge in [0.15, 0.2) is 0 Å². The third-order valence-corrected chi connectivity index (χ3v) is 2.50. The van der Waals surface area contributed by atoms with Crippen molar-refractivity contribution in [3.8, 4) is 0 Å². The van der Waals surface area contributed by atoms with Crippen LogP contribution in [0.4, 0.5) is 11.4 Å². The van der Waals surface area contributed by atoms with Crippen LogP contribution in [-0.2, 0) is 0 Å². The predicted molar refractivity (Wildman–Crippen MR) is 60.0 cm³/mol. The molecule has 0 aliphatic heterocycles. The Hall–Kier alpha value is -1.77. The van der Waals surface area contributed by atoms with Gasteiger partial charge in [-0.1, -0.05) is 12.1 Å². The minimum atomic E-state index is 0.547. The lowest BCUT2D eigenvalue weighted by Crippen LogP contribution is -1.99. The van der Waals surface area contributed by atoms with E-state index in [2.05, 4.69) is 4.98 Å². The summed E-state index contributed by atoms with van der Waals surface area (Å²) in [6, 6.07) is 4.08. The van der Waals surface area contributed by atoms with E-state index in [1.165, 1.54) is 0 Å². The number of aromatic nitrogens is 1. The summed E-state index contributed by atoms with van der Waals surface area (Å²) in [5, 5.41) is 0.977. The van der Waals surface area contributed by atoms with Crippen molar-refractivity contribution in [1.82, 2.24) is 4.98 Å². The molecule has 72 valence electrons. The average Bonchev–Trinajstić information content (AvgIpc) is 2.16. The molecular formula is C11H13N3. The SMILES string of the molecule is Cc1ccc(C)c2c(N)c(N)cnc12. The first kappa shape index (κ1) is 8.81. The normalized spacial score (nSPS) is 10.7. The zero-order valence-electron chi connectivity index (χ0n) is 8.33. The molecule has 4 N–H and O–H groups in total. The monoisotopic (exact) mass is 187 g/mol. The minimum Gasteiger partial charge on any atom is -0.396 e.